The second kappa shape index (κ2) is 5.45. The average Bonchev–Trinajstić information content (AvgIpc) is 2.23. The predicted octanol–water partition coefficient (Wildman–Crippen LogP) is 3.45. The number of hydrogen-bond donors (Lipinski definition) is 1. The van der Waals surface area contributed by atoms with Gasteiger partial charge in [-0.25, -0.2) is 4.39 Å². The number of ether oxygens (including phenoxy) is 1. The van der Waals surface area contributed by atoms with E-state index in [1.165, 1.54) is 0 Å². The van der Waals surface area contributed by atoms with E-state index in [2.05, 4.69) is 15.9 Å². The second-order valence-corrected chi connectivity index (χ2v) is 5.12. The van der Waals surface area contributed by atoms with Crippen LogP contribution in [0.4, 0.5) is 4.39 Å². The Labute approximate surface area is 108 Å². The number of halogens is 3. The summed E-state index contributed by atoms with van der Waals surface area (Å²) in [5, 5.41) is 0.0617. The molecule has 0 heterocycles. The Morgan fingerprint density at radius 2 is 2.19 bits per heavy atom. The van der Waals surface area contributed by atoms with Crippen molar-refractivity contribution >= 4 is 27.5 Å². The van der Waals surface area contributed by atoms with Gasteiger partial charge in [0.05, 0.1) is 5.02 Å². The minimum absolute atomic E-state index is 0.0617. The number of methoxy groups -OCH3 is 1. The molecule has 0 saturated carbocycles. The lowest BCUT2D eigenvalue weighted by molar-refractivity contribution is 0.171. The van der Waals surface area contributed by atoms with E-state index in [4.69, 9.17) is 22.1 Å². The number of nitrogens with two attached hydrogens (primary N) is 1. The van der Waals surface area contributed by atoms with Crippen molar-refractivity contribution in [1.29, 1.82) is 0 Å². The third kappa shape index (κ3) is 2.94. The van der Waals surface area contributed by atoms with Crippen LogP contribution in [0, 0.1) is 5.82 Å². The van der Waals surface area contributed by atoms with Gasteiger partial charge < -0.3 is 10.5 Å². The fourth-order valence-corrected chi connectivity index (χ4v) is 1.89. The van der Waals surface area contributed by atoms with Gasteiger partial charge in [0.2, 0.25) is 0 Å². The molecule has 1 rings (SSSR count). The topological polar surface area (TPSA) is 35.2 Å². The minimum Gasteiger partial charge on any atom is -0.385 e. The maximum absolute atomic E-state index is 13.9. The molecule has 0 spiro atoms. The van der Waals surface area contributed by atoms with Gasteiger partial charge in [-0.05, 0) is 35.3 Å². The molecule has 1 aromatic rings. The van der Waals surface area contributed by atoms with Crippen LogP contribution in [0.1, 0.15) is 18.9 Å². The molecule has 5 heteroatoms. The second-order valence-electron chi connectivity index (χ2n) is 3.88. The summed E-state index contributed by atoms with van der Waals surface area (Å²) >= 11 is 8.98. The fraction of sp³-hybridized carbons (Fsp3) is 0.455. The van der Waals surface area contributed by atoms with Gasteiger partial charge in [0.1, 0.15) is 5.82 Å². The van der Waals surface area contributed by atoms with E-state index in [9.17, 15) is 4.39 Å². The van der Waals surface area contributed by atoms with Crippen molar-refractivity contribution in [3.63, 3.8) is 0 Å². The third-order valence-electron chi connectivity index (χ3n) is 2.48. The van der Waals surface area contributed by atoms with Gasteiger partial charge in [-0.2, -0.15) is 0 Å². The molecule has 0 fully saturated rings. The summed E-state index contributed by atoms with van der Waals surface area (Å²) in [7, 11) is 1.58. The summed E-state index contributed by atoms with van der Waals surface area (Å²) in [6, 6.07) is 3.33. The molecule has 2 N–H and O–H groups in total. The molecular formula is C11H14BrClFNO. The maximum Gasteiger partial charge on any atom is 0.147 e. The fourth-order valence-electron chi connectivity index (χ4n) is 1.42. The Bertz CT molecular complexity index is 384. The standard InChI is InChI=1S/C11H14BrClFNO/c1-11(15,5-6-16-2)7-3-4-8(12)9(13)10(7)14/h3-4H,5-6,15H2,1-2H3. The lowest BCUT2D eigenvalue weighted by atomic mass is 9.90. The molecule has 0 aliphatic carbocycles. The van der Waals surface area contributed by atoms with Gasteiger partial charge in [0.15, 0.2) is 0 Å². The largest absolute Gasteiger partial charge is 0.385 e. The highest BCUT2D eigenvalue weighted by Gasteiger charge is 2.26. The van der Waals surface area contributed by atoms with Crippen molar-refractivity contribution in [2.45, 2.75) is 18.9 Å². The van der Waals surface area contributed by atoms with Crippen LogP contribution in [-0.4, -0.2) is 13.7 Å². The summed E-state index contributed by atoms with van der Waals surface area (Å²) in [5.41, 5.74) is 5.66. The van der Waals surface area contributed by atoms with Gasteiger partial charge in [-0.15, -0.1) is 0 Å². The zero-order chi connectivity index (χ0) is 12.3. The smallest absolute Gasteiger partial charge is 0.147 e. The highest BCUT2D eigenvalue weighted by Crippen LogP contribution is 2.33. The first kappa shape index (κ1) is 13.9. The average molecular weight is 311 g/mol. The zero-order valence-electron chi connectivity index (χ0n) is 9.19. The van der Waals surface area contributed by atoms with Gasteiger partial charge in [-0.3, -0.25) is 0 Å². The molecule has 0 aliphatic heterocycles. The van der Waals surface area contributed by atoms with Crippen molar-refractivity contribution in [3.8, 4) is 0 Å². The van der Waals surface area contributed by atoms with Crippen LogP contribution in [0.5, 0.6) is 0 Å². The zero-order valence-corrected chi connectivity index (χ0v) is 11.5. The Morgan fingerprint density at radius 1 is 1.56 bits per heavy atom. The molecule has 0 aromatic heterocycles. The Kier molecular flexibility index (Phi) is 4.73. The lowest BCUT2D eigenvalue weighted by Crippen LogP contribution is -2.35. The van der Waals surface area contributed by atoms with Crippen LogP contribution >= 0.6 is 27.5 Å². The first-order valence-electron chi connectivity index (χ1n) is 4.82. The van der Waals surface area contributed by atoms with Crippen molar-refractivity contribution in [2.75, 3.05) is 13.7 Å². The summed E-state index contributed by atoms with van der Waals surface area (Å²) in [4.78, 5) is 0. The molecule has 90 valence electrons. The van der Waals surface area contributed by atoms with E-state index >= 15 is 0 Å². The van der Waals surface area contributed by atoms with Crippen molar-refractivity contribution in [3.05, 3.63) is 33.0 Å². The van der Waals surface area contributed by atoms with E-state index in [1.54, 1.807) is 26.2 Å². The van der Waals surface area contributed by atoms with Crippen LogP contribution in [0.3, 0.4) is 0 Å². The van der Waals surface area contributed by atoms with Crippen LogP contribution in [0.2, 0.25) is 5.02 Å². The van der Waals surface area contributed by atoms with Crippen LogP contribution in [0.25, 0.3) is 0 Å². The number of rotatable bonds is 4. The molecule has 1 aromatic carbocycles. The Balaban J connectivity index is 3.08. The monoisotopic (exact) mass is 309 g/mol. The lowest BCUT2D eigenvalue weighted by Gasteiger charge is -2.25. The molecule has 16 heavy (non-hydrogen) atoms. The van der Waals surface area contributed by atoms with Crippen molar-refractivity contribution < 1.29 is 9.13 Å². The minimum atomic E-state index is -0.787. The predicted molar refractivity (Wildman–Crippen MR) is 67.1 cm³/mol. The van der Waals surface area contributed by atoms with E-state index in [0.29, 0.717) is 23.1 Å². The van der Waals surface area contributed by atoms with Gasteiger partial charge in [0, 0.05) is 29.3 Å². The van der Waals surface area contributed by atoms with E-state index < -0.39 is 11.4 Å². The SMILES string of the molecule is COCCC(C)(N)c1ccc(Br)c(Cl)c1F. The molecule has 0 saturated heterocycles. The Morgan fingerprint density at radius 3 is 2.75 bits per heavy atom. The number of hydrogen-bond acceptors (Lipinski definition) is 2. The van der Waals surface area contributed by atoms with E-state index in [1.807, 2.05) is 0 Å². The van der Waals surface area contributed by atoms with Crippen molar-refractivity contribution in [1.82, 2.24) is 0 Å². The molecular weight excluding hydrogens is 296 g/mol. The molecule has 0 radical (unpaired) electrons. The van der Waals surface area contributed by atoms with Gasteiger partial charge in [-0.1, -0.05) is 17.7 Å². The molecule has 0 aliphatic rings. The molecule has 0 bridgehead atoms. The first-order valence-corrected chi connectivity index (χ1v) is 5.99. The van der Waals surface area contributed by atoms with Gasteiger partial charge >= 0.3 is 0 Å². The summed E-state index contributed by atoms with van der Waals surface area (Å²) < 4.78 is 19.4. The van der Waals surface area contributed by atoms with Crippen molar-refractivity contribution in [2.24, 2.45) is 5.73 Å². The summed E-state index contributed by atoms with van der Waals surface area (Å²) in [6.45, 7) is 2.23. The number of benzene rings is 1. The summed E-state index contributed by atoms with van der Waals surface area (Å²) in [5.74, 6) is -0.475. The maximum atomic E-state index is 13.9. The molecule has 1 unspecified atom stereocenters. The highest BCUT2D eigenvalue weighted by atomic mass is 79.9. The van der Waals surface area contributed by atoms with E-state index in [0.717, 1.165) is 0 Å². The highest BCUT2D eigenvalue weighted by molar-refractivity contribution is 9.10. The summed E-state index contributed by atoms with van der Waals surface area (Å²) in [6.07, 6.45) is 0.526. The van der Waals surface area contributed by atoms with Crippen LogP contribution < -0.4 is 5.73 Å². The third-order valence-corrected chi connectivity index (χ3v) is 3.73. The quantitative estimate of drug-likeness (QED) is 0.865. The first-order chi connectivity index (χ1) is 7.40. The van der Waals surface area contributed by atoms with Crippen LogP contribution in [-0.2, 0) is 10.3 Å². The Hall–Kier alpha value is -0.160. The van der Waals surface area contributed by atoms with Crippen LogP contribution in [0.15, 0.2) is 16.6 Å². The molecule has 2 nitrogen and oxygen atoms in total. The van der Waals surface area contributed by atoms with E-state index in [-0.39, 0.29) is 5.02 Å². The molecule has 0 amide bonds. The normalized spacial score (nSPS) is 14.9. The van der Waals surface area contributed by atoms with Gasteiger partial charge in [0.25, 0.3) is 0 Å². The molecule has 1 atom stereocenters.